The van der Waals surface area contributed by atoms with Crippen molar-refractivity contribution < 1.29 is 0 Å². The topological polar surface area (TPSA) is 51.8 Å². The molecular formula is C13H14ClN3S. The maximum absolute atomic E-state index is 5.86. The number of halogens is 1. The van der Waals surface area contributed by atoms with Crippen LogP contribution in [0.25, 0.3) is 0 Å². The molecule has 0 aliphatic heterocycles. The zero-order chi connectivity index (χ0) is 13.1. The number of thioether (sulfide) groups is 1. The summed E-state index contributed by atoms with van der Waals surface area (Å²) in [4.78, 5) is 7.98. The van der Waals surface area contributed by atoms with E-state index in [4.69, 9.17) is 17.3 Å². The Hall–Kier alpha value is -1.26. The van der Waals surface area contributed by atoms with Gasteiger partial charge in [0.05, 0.1) is 0 Å². The first-order valence-corrected chi connectivity index (χ1v) is 6.88. The van der Waals surface area contributed by atoms with E-state index >= 15 is 0 Å². The number of hydrogen-bond donors (Lipinski definition) is 1. The fraction of sp³-hybridized carbons (Fsp3) is 0.231. The summed E-state index contributed by atoms with van der Waals surface area (Å²) >= 11 is 7.43. The second-order valence-electron chi connectivity index (χ2n) is 4.17. The summed E-state index contributed by atoms with van der Waals surface area (Å²) in [6, 6.07) is 6.49. The lowest BCUT2D eigenvalue weighted by Crippen LogP contribution is -1.95. The highest BCUT2D eigenvalue weighted by atomic mass is 35.5. The van der Waals surface area contributed by atoms with E-state index in [0.717, 1.165) is 10.8 Å². The minimum absolute atomic E-state index is 0.313. The van der Waals surface area contributed by atoms with Crippen molar-refractivity contribution in [2.24, 2.45) is 0 Å². The van der Waals surface area contributed by atoms with Gasteiger partial charge in [-0.25, -0.2) is 9.97 Å². The molecule has 18 heavy (non-hydrogen) atoms. The summed E-state index contributed by atoms with van der Waals surface area (Å²) in [6.45, 7) is 4.19. The largest absolute Gasteiger partial charge is 0.394 e. The van der Waals surface area contributed by atoms with Crippen LogP contribution in [0.4, 0.5) is 5.69 Å². The van der Waals surface area contributed by atoms with E-state index in [1.54, 1.807) is 11.8 Å². The van der Waals surface area contributed by atoms with E-state index in [1.807, 2.05) is 0 Å². The molecule has 1 aromatic heterocycles. The molecule has 0 bridgehead atoms. The molecule has 1 heterocycles. The van der Waals surface area contributed by atoms with E-state index in [2.05, 4.69) is 42.0 Å². The van der Waals surface area contributed by atoms with Gasteiger partial charge in [0, 0.05) is 5.75 Å². The lowest BCUT2D eigenvalue weighted by Gasteiger charge is -2.06. The highest BCUT2D eigenvalue weighted by Crippen LogP contribution is 2.29. The number of nitrogen functional groups attached to an aromatic ring is 1. The maximum atomic E-state index is 5.86. The smallest absolute Gasteiger partial charge is 0.156 e. The van der Waals surface area contributed by atoms with Gasteiger partial charge in [0.15, 0.2) is 5.15 Å². The molecule has 0 aliphatic rings. The molecule has 0 fully saturated rings. The van der Waals surface area contributed by atoms with Gasteiger partial charge in [-0.3, -0.25) is 0 Å². The van der Waals surface area contributed by atoms with Crippen LogP contribution in [0, 0.1) is 13.8 Å². The molecule has 94 valence electrons. The summed E-state index contributed by atoms with van der Waals surface area (Å²) in [5.41, 5.74) is 10.1. The molecule has 1 aromatic carbocycles. The van der Waals surface area contributed by atoms with E-state index in [0.29, 0.717) is 10.8 Å². The van der Waals surface area contributed by atoms with Crippen molar-refractivity contribution in [1.82, 2.24) is 9.97 Å². The Bertz CT molecular complexity index is 552. The summed E-state index contributed by atoms with van der Waals surface area (Å²) in [7, 11) is 0. The molecule has 0 saturated heterocycles. The van der Waals surface area contributed by atoms with Gasteiger partial charge in [-0.05, 0) is 19.4 Å². The van der Waals surface area contributed by atoms with Gasteiger partial charge in [0.25, 0.3) is 0 Å². The van der Waals surface area contributed by atoms with Crippen molar-refractivity contribution in [3.8, 4) is 0 Å². The normalized spacial score (nSPS) is 10.6. The number of nitrogens with two attached hydrogens (primary N) is 1. The highest BCUT2D eigenvalue weighted by molar-refractivity contribution is 7.98. The maximum Gasteiger partial charge on any atom is 0.156 e. The van der Waals surface area contributed by atoms with Crippen LogP contribution in [0.3, 0.4) is 0 Å². The van der Waals surface area contributed by atoms with E-state index in [-0.39, 0.29) is 0 Å². The molecule has 2 rings (SSSR count). The summed E-state index contributed by atoms with van der Waals surface area (Å²) in [5.74, 6) is 0.820. The SMILES string of the molecule is Cc1cc(C)cc(CSc2ncnc(Cl)c2N)c1. The number of rotatable bonds is 3. The summed E-state index contributed by atoms with van der Waals surface area (Å²) < 4.78 is 0. The van der Waals surface area contributed by atoms with E-state index in [9.17, 15) is 0 Å². The van der Waals surface area contributed by atoms with Crippen LogP contribution in [0.15, 0.2) is 29.6 Å². The average Bonchev–Trinajstić information content (AvgIpc) is 2.30. The Morgan fingerprint density at radius 2 is 1.83 bits per heavy atom. The lowest BCUT2D eigenvalue weighted by molar-refractivity contribution is 1.05. The molecule has 0 amide bonds. The van der Waals surface area contributed by atoms with Gasteiger partial charge in [0.1, 0.15) is 17.0 Å². The predicted octanol–water partition coefficient (Wildman–Crippen LogP) is 3.62. The van der Waals surface area contributed by atoms with Crippen molar-refractivity contribution in [3.63, 3.8) is 0 Å². The predicted molar refractivity (Wildman–Crippen MR) is 76.9 cm³/mol. The van der Waals surface area contributed by atoms with Gasteiger partial charge in [-0.15, -0.1) is 0 Å². The molecule has 2 N–H and O–H groups in total. The molecule has 0 spiro atoms. The molecule has 5 heteroatoms. The molecule has 0 atom stereocenters. The molecule has 0 saturated carbocycles. The number of anilines is 1. The zero-order valence-electron chi connectivity index (χ0n) is 10.3. The highest BCUT2D eigenvalue weighted by Gasteiger charge is 2.07. The number of aromatic nitrogens is 2. The van der Waals surface area contributed by atoms with Crippen LogP contribution in [-0.4, -0.2) is 9.97 Å². The van der Waals surface area contributed by atoms with Crippen LogP contribution in [0.1, 0.15) is 16.7 Å². The van der Waals surface area contributed by atoms with Gasteiger partial charge in [0.2, 0.25) is 0 Å². The minimum atomic E-state index is 0.313. The Morgan fingerprint density at radius 3 is 2.50 bits per heavy atom. The fourth-order valence-corrected chi connectivity index (χ4v) is 2.81. The van der Waals surface area contributed by atoms with E-state index < -0.39 is 0 Å². The monoisotopic (exact) mass is 279 g/mol. The number of aryl methyl sites for hydroxylation is 2. The van der Waals surface area contributed by atoms with Crippen molar-refractivity contribution in [3.05, 3.63) is 46.4 Å². The van der Waals surface area contributed by atoms with Crippen molar-refractivity contribution in [2.45, 2.75) is 24.6 Å². The second-order valence-corrected chi connectivity index (χ2v) is 5.49. The van der Waals surface area contributed by atoms with Crippen molar-refractivity contribution >= 4 is 29.1 Å². The number of hydrogen-bond acceptors (Lipinski definition) is 4. The molecular weight excluding hydrogens is 266 g/mol. The Kier molecular flexibility index (Phi) is 4.09. The van der Waals surface area contributed by atoms with Crippen molar-refractivity contribution in [2.75, 3.05) is 5.73 Å². The van der Waals surface area contributed by atoms with Crippen LogP contribution in [-0.2, 0) is 5.75 Å². The minimum Gasteiger partial charge on any atom is -0.394 e. The van der Waals surface area contributed by atoms with Crippen LogP contribution in [0.2, 0.25) is 5.15 Å². The van der Waals surface area contributed by atoms with Gasteiger partial charge >= 0.3 is 0 Å². The molecule has 0 unspecified atom stereocenters. The number of nitrogens with zero attached hydrogens (tertiary/aromatic N) is 2. The number of benzene rings is 1. The lowest BCUT2D eigenvalue weighted by atomic mass is 10.1. The van der Waals surface area contributed by atoms with Crippen LogP contribution in [0.5, 0.6) is 0 Å². The first kappa shape index (κ1) is 13.2. The average molecular weight is 280 g/mol. The zero-order valence-corrected chi connectivity index (χ0v) is 11.8. The molecule has 3 nitrogen and oxygen atoms in total. The van der Waals surface area contributed by atoms with Crippen molar-refractivity contribution in [1.29, 1.82) is 0 Å². The summed E-state index contributed by atoms with van der Waals surface area (Å²) in [5, 5.41) is 1.04. The Balaban J connectivity index is 2.14. The third kappa shape index (κ3) is 3.15. The summed E-state index contributed by atoms with van der Waals surface area (Å²) in [6.07, 6.45) is 1.43. The van der Waals surface area contributed by atoms with Crippen LogP contribution >= 0.6 is 23.4 Å². The molecule has 0 aliphatic carbocycles. The van der Waals surface area contributed by atoms with Gasteiger partial charge < -0.3 is 5.73 Å². The molecule has 0 radical (unpaired) electrons. The quantitative estimate of drug-likeness (QED) is 0.689. The standard InChI is InChI=1S/C13H14ClN3S/c1-8-3-9(2)5-10(4-8)6-18-13-11(15)12(14)16-7-17-13/h3-5,7H,6,15H2,1-2H3. The third-order valence-electron chi connectivity index (χ3n) is 2.46. The Labute approximate surface area is 116 Å². The first-order chi connectivity index (χ1) is 8.56. The van der Waals surface area contributed by atoms with Crippen LogP contribution < -0.4 is 5.73 Å². The second kappa shape index (κ2) is 5.59. The third-order valence-corrected chi connectivity index (χ3v) is 3.83. The fourth-order valence-electron chi connectivity index (χ4n) is 1.78. The van der Waals surface area contributed by atoms with Gasteiger partial charge in [-0.2, -0.15) is 0 Å². The van der Waals surface area contributed by atoms with E-state index in [1.165, 1.54) is 23.0 Å². The van der Waals surface area contributed by atoms with Gasteiger partial charge in [-0.1, -0.05) is 52.7 Å². The first-order valence-electron chi connectivity index (χ1n) is 5.52. The Morgan fingerprint density at radius 1 is 1.17 bits per heavy atom. The molecule has 2 aromatic rings.